The number of anilines is 1. The summed E-state index contributed by atoms with van der Waals surface area (Å²) in [5, 5.41) is 8.60. The molecule has 0 saturated carbocycles. The van der Waals surface area contributed by atoms with E-state index in [4.69, 9.17) is 5.26 Å². The van der Waals surface area contributed by atoms with E-state index in [1.54, 1.807) is 17.0 Å². The largest absolute Gasteiger partial charge is 0.309 e. The van der Waals surface area contributed by atoms with Crippen LogP contribution in [-0.4, -0.2) is 38.3 Å². The van der Waals surface area contributed by atoms with Crippen LogP contribution < -0.4 is 4.90 Å². The van der Waals surface area contributed by atoms with Crippen molar-refractivity contribution in [1.29, 1.82) is 5.26 Å². The van der Waals surface area contributed by atoms with Crippen molar-refractivity contribution in [3.05, 3.63) is 23.8 Å². The maximum absolute atomic E-state index is 12.5. The zero-order chi connectivity index (χ0) is 17.2. The Labute approximate surface area is 137 Å². The molecule has 1 aliphatic heterocycles. The van der Waals surface area contributed by atoms with Crippen molar-refractivity contribution in [3.63, 3.8) is 0 Å². The van der Waals surface area contributed by atoms with Crippen LogP contribution in [-0.2, 0) is 21.2 Å². The Hall–Kier alpha value is -1.91. The summed E-state index contributed by atoms with van der Waals surface area (Å²) >= 11 is 0. The second-order valence-electron chi connectivity index (χ2n) is 5.70. The van der Waals surface area contributed by atoms with Gasteiger partial charge < -0.3 is 4.90 Å². The van der Waals surface area contributed by atoms with Crippen LogP contribution in [0.2, 0.25) is 0 Å². The highest BCUT2D eigenvalue weighted by Gasteiger charge is 2.31. The van der Waals surface area contributed by atoms with Crippen molar-refractivity contribution in [2.45, 2.75) is 44.0 Å². The molecule has 2 rings (SSSR count). The van der Waals surface area contributed by atoms with Crippen LogP contribution in [0.3, 0.4) is 0 Å². The molecule has 0 radical (unpaired) electrons. The van der Waals surface area contributed by atoms with Crippen LogP contribution in [0.15, 0.2) is 23.1 Å². The average molecular weight is 335 g/mol. The Bertz CT molecular complexity index is 752. The Morgan fingerprint density at radius 1 is 1.48 bits per heavy atom. The molecule has 0 unspecified atom stereocenters. The molecule has 1 aliphatic rings. The lowest BCUT2D eigenvalue weighted by Crippen LogP contribution is -2.35. The smallest absolute Gasteiger partial charge is 0.242 e. The predicted molar refractivity (Wildman–Crippen MR) is 87.4 cm³/mol. The zero-order valence-corrected chi connectivity index (χ0v) is 14.4. The molecule has 0 fully saturated rings. The van der Waals surface area contributed by atoms with Gasteiger partial charge in [0.15, 0.2) is 0 Å². The summed E-state index contributed by atoms with van der Waals surface area (Å²) in [5.41, 5.74) is 1.66. The molecule has 124 valence electrons. The van der Waals surface area contributed by atoms with Gasteiger partial charge in [0.05, 0.1) is 11.0 Å². The maximum atomic E-state index is 12.5. The van der Waals surface area contributed by atoms with Gasteiger partial charge in [0, 0.05) is 38.2 Å². The molecule has 6 nitrogen and oxygen atoms in total. The van der Waals surface area contributed by atoms with E-state index in [0.29, 0.717) is 12.8 Å². The first-order valence-electron chi connectivity index (χ1n) is 7.61. The summed E-state index contributed by atoms with van der Waals surface area (Å²) in [4.78, 5) is 14.0. The zero-order valence-electron chi connectivity index (χ0n) is 13.6. The summed E-state index contributed by atoms with van der Waals surface area (Å²) in [6.45, 7) is 3.93. The standard InChI is InChI=1S/C16H21N3O3S/c1-4-16(20)19-12(2)10-13-11-14(6-7-15(13)19)23(21,22)18(3)9-5-8-17/h6-7,11-12H,4-5,9-10H2,1-3H3/t12-/m0/s1. The summed E-state index contributed by atoms with van der Waals surface area (Å²) < 4.78 is 26.2. The van der Waals surface area contributed by atoms with Gasteiger partial charge in [-0.2, -0.15) is 9.57 Å². The first kappa shape index (κ1) is 17.4. The fourth-order valence-electron chi connectivity index (χ4n) is 2.83. The van der Waals surface area contributed by atoms with Gasteiger partial charge in [-0.25, -0.2) is 8.42 Å². The molecule has 23 heavy (non-hydrogen) atoms. The van der Waals surface area contributed by atoms with E-state index in [-0.39, 0.29) is 29.8 Å². The number of nitrogens with zero attached hydrogens (tertiary/aromatic N) is 3. The number of nitriles is 1. The number of sulfonamides is 1. The number of rotatable bonds is 5. The molecule has 0 aromatic heterocycles. The van der Waals surface area contributed by atoms with Crippen molar-refractivity contribution < 1.29 is 13.2 Å². The fraction of sp³-hybridized carbons (Fsp3) is 0.500. The molecule has 1 heterocycles. The minimum Gasteiger partial charge on any atom is -0.309 e. The van der Waals surface area contributed by atoms with E-state index in [9.17, 15) is 13.2 Å². The minimum atomic E-state index is -3.61. The van der Waals surface area contributed by atoms with E-state index >= 15 is 0 Å². The van der Waals surface area contributed by atoms with Gasteiger partial charge in [-0.1, -0.05) is 6.92 Å². The van der Waals surface area contributed by atoms with Crippen LogP contribution in [0.1, 0.15) is 32.3 Å². The number of amides is 1. The van der Waals surface area contributed by atoms with Crippen molar-refractivity contribution in [1.82, 2.24) is 4.31 Å². The van der Waals surface area contributed by atoms with Gasteiger partial charge >= 0.3 is 0 Å². The van der Waals surface area contributed by atoms with Crippen LogP contribution in [0.4, 0.5) is 5.69 Å². The molecular weight excluding hydrogens is 314 g/mol. The number of hydrogen-bond donors (Lipinski definition) is 0. The Balaban J connectivity index is 2.35. The molecule has 0 N–H and O–H groups in total. The first-order chi connectivity index (χ1) is 10.8. The molecular formula is C16H21N3O3S. The summed E-state index contributed by atoms with van der Waals surface area (Å²) in [6, 6.07) is 6.86. The van der Waals surface area contributed by atoms with Gasteiger partial charge in [0.2, 0.25) is 15.9 Å². The fourth-order valence-corrected chi connectivity index (χ4v) is 4.05. The van der Waals surface area contributed by atoms with Crippen LogP contribution in [0, 0.1) is 11.3 Å². The third kappa shape index (κ3) is 3.23. The molecule has 0 spiro atoms. The topological polar surface area (TPSA) is 81.5 Å². The van der Waals surface area contributed by atoms with Crippen LogP contribution in [0.5, 0.6) is 0 Å². The van der Waals surface area contributed by atoms with Crippen molar-refractivity contribution in [3.8, 4) is 6.07 Å². The molecule has 7 heteroatoms. The molecule has 0 aliphatic carbocycles. The lowest BCUT2D eigenvalue weighted by Gasteiger charge is -2.22. The number of fused-ring (bicyclic) bond motifs is 1. The number of carbonyl (C=O) groups excluding carboxylic acids is 1. The van der Waals surface area contributed by atoms with Gasteiger partial charge in [-0.05, 0) is 37.1 Å². The van der Waals surface area contributed by atoms with Crippen LogP contribution in [0.25, 0.3) is 0 Å². The van der Waals surface area contributed by atoms with Gasteiger partial charge in [-0.3, -0.25) is 4.79 Å². The Kier molecular flexibility index (Phi) is 5.07. The van der Waals surface area contributed by atoms with Gasteiger partial charge in [0.25, 0.3) is 0 Å². The van der Waals surface area contributed by atoms with Crippen molar-refractivity contribution >= 4 is 21.6 Å². The van der Waals surface area contributed by atoms with E-state index in [2.05, 4.69) is 0 Å². The highest BCUT2D eigenvalue weighted by molar-refractivity contribution is 7.89. The SMILES string of the molecule is CCC(=O)N1c2ccc(S(=O)(=O)N(C)CCC#N)cc2C[C@@H]1C. The summed E-state index contributed by atoms with van der Waals surface area (Å²) in [5.74, 6) is 0.0398. The van der Waals surface area contributed by atoms with E-state index in [1.165, 1.54) is 17.4 Å². The maximum Gasteiger partial charge on any atom is 0.242 e. The van der Waals surface area contributed by atoms with E-state index in [1.807, 2.05) is 19.9 Å². The Morgan fingerprint density at radius 3 is 2.78 bits per heavy atom. The average Bonchev–Trinajstić information content (AvgIpc) is 2.86. The third-order valence-electron chi connectivity index (χ3n) is 4.08. The monoisotopic (exact) mass is 335 g/mol. The van der Waals surface area contributed by atoms with Crippen molar-refractivity contribution in [2.24, 2.45) is 0 Å². The van der Waals surface area contributed by atoms with Gasteiger partial charge in [-0.15, -0.1) is 0 Å². The quantitative estimate of drug-likeness (QED) is 0.823. The van der Waals surface area contributed by atoms with E-state index in [0.717, 1.165) is 11.3 Å². The second-order valence-corrected chi connectivity index (χ2v) is 7.74. The molecule has 1 atom stereocenters. The summed E-state index contributed by atoms with van der Waals surface area (Å²) in [6.07, 6.45) is 1.21. The summed E-state index contributed by atoms with van der Waals surface area (Å²) in [7, 11) is -2.15. The number of benzene rings is 1. The third-order valence-corrected chi connectivity index (χ3v) is 5.94. The Morgan fingerprint density at radius 2 is 2.17 bits per heavy atom. The predicted octanol–water partition coefficient (Wildman–Crippen LogP) is 1.91. The van der Waals surface area contributed by atoms with Gasteiger partial charge in [0.1, 0.15) is 0 Å². The molecule has 1 amide bonds. The molecule has 0 bridgehead atoms. The highest BCUT2D eigenvalue weighted by atomic mass is 32.2. The molecule has 1 aromatic rings. The number of carbonyl (C=O) groups is 1. The minimum absolute atomic E-state index is 0.0340. The lowest BCUT2D eigenvalue weighted by molar-refractivity contribution is -0.118. The molecule has 0 saturated heterocycles. The number of hydrogen-bond acceptors (Lipinski definition) is 4. The van der Waals surface area contributed by atoms with Crippen LogP contribution >= 0.6 is 0 Å². The van der Waals surface area contributed by atoms with E-state index < -0.39 is 10.0 Å². The second kappa shape index (κ2) is 6.69. The normalized spacial score (nSPS) is 17.2. The first-order valence-corrected chi connectivity index (χ1v) is 9.05. The highest BCUT2D eigenvalue weighted by Crippen LogP contribution is 2.34. The van der Waals surface area contributed by atoms with Crippen molar-refractivity contribution in [2.75, 3.05) is 18.5 Å². The lowest BCUT2D eigenvalue weighted by atomic mass is 10.1. The molecule has 1 aromatic carbocycles.